The van der Waals surface area contributed by atoms with E-state index < -0.39 is 11.8 Å². The average Bonchev–Trinajstić information content (AvgIpc) is 2.82. The van der Waals surface area contributed by atoms with Crippen molar-refractivity contribution in [2.75, 3.05) is 6.61 Å². The summed E-state index contributed by atoms with van der Waals surface area (Å²) >= 11 is 3.30. The van der Waals surface area contributed by atoms with E-state index in [1.807, 2.05) is 24.3 Å². The van der Waals surface area contributed by atoms with Crippen LogP contribution in [0.1, 0.15) is 28.4 Å². The first-order chi connectivity index (χ1) is 9.63. The Morgan fingerprint density at radius 2 is 2.15 bits per heavy atom. The van der Waals surface area contributed by atoms with E-state index in [1.54, 1.807) is 6.92 Å². The van der Waals surface area contributed by atoms with Gasteiger partial charge in [0.1, 0.15) is 5.82 Å². The zero-order chi connectivity index (χ0) is 14.3. The third-order valence-corrected chi connectivity index (χ3v) is 4.25. The first-order valence-electron chi connectivity index (χ1n) is 6.39. The Kier molecular flexibility index (Phi) is 3.34. The van der Waals surface area contributed by atoms with Gasteiger partial charge in [-0.15, -0.1) is 0 Å². The van der Waals surface area contributed by atoms with E-state index in [0.29, 0.717) is 16.5 Å². The lowest BCUT2D eigenvalue weighted by Crippen LogP contribution is -2.09. The molecule has 0 fully saturated rings. The van der Waals surface area contributed by atoms with E-state index in [9.17, 15) is 9.18 Å². The molecule has 0 N–H and O–H groups in total. The predicted molar refractivity (Wildman–Crippen MR) is 78.3 cm³/mol. The fourth-order valence-electron chi connectivity index (χ4n) is 2.63. The predicted octanol–water partition coefficient (Wildman–Crippen LogP) is 4.34. The summed E-state index contributed by atoms with van der Waals surface area (Å²) in [6, 6.07) is 9.05. The highest BCUT2D eigenvalue weighted by molar-refractivity contribution is 9.10. The Morgan fingerprint density at radius 3 is 2.90 bits per heavy atom. The number of carbonyl (C=O) groups excluding carboxylic acids is 1. The number of esters is 1. The maximum Gasteiger partial charge on any atom is 0.338 e. The van der Waals surface area contributed by atoms with E-state index in [-0.39, 0.29) is 6.61 Å². The highest BCUT2D eigenvalue weighted by atomic mass is 79.9. The van der Waals surface area contributed by atoms with Crippen molar-refractivity contribution in [2.24, 2.45) is 0 Å². The Morgan fingerprint density at radius 1 is 1.40 bits per heavy atom. The van der Waals surface area contributed by atoms with E-state index >= 15 is 0 Å². The first-order valence-corrected chi connectivity index (χ1v) is 7.19. The smallest absolute Gasteiger partial charge is 0.338 e. The second-order valence-electron chi connectivity index (χ2n) is 4.63. The van der Waals surface area contributed by atoms with Crippen LogP contribution < -0.4 is 0 Å². The largest absolute Gasteiger partial charge is 0.462 e. The van der Waals surface area contributed by atoms with E-state index in [1.165, 1.54) is 6.07 Å². The second kappa shape index (κ2) is 5.02. The molecular weight excluding hydrogens is 323 g/mol. The zero-order valence-electron chi connectivity index (χ0n) is 10.9. The first kappa shape index (κ1) is 13.3. The van der Waals surface area contributed by atoms with Gasteiger partial charge in [0.15, 0.2) is 0 Å². The van der Waals surface area contributed by atoms with Gasteiger partial charge in [0.2, 0.25) is 0 Å². The van der Waals surface area contributed by atoms with Crippen LogP contribution >= 0.6 is 15.9 Å². The fraction of sp³-hybridized carbons (Fsp3) is 0.188. The third kappa shape index (κ3) is 1.95. The minimum absolute atomic E-state index is 0.276. The number of fused-ring (bicyclic) bond motifs is 3. The number of ether oxygens (including phenoxy) is 1. The molecule has 0 unspecified atom stereocenters. The maximum atomic E-state index is 14.1. The molecule has 20 heavy (non-hydrogen) atoms. The van der Waals surface area contributed by atoms with Crippen LogP contribution in [-0.2, 0) is 11.2 Å². The molecule has 0 heterocycles. The second-order valence-corrected chi connectivity index (χ2v) is 5.42. The van der Waals surface area contributed by atoms with Gasteiger partial charge in [-0.05, 0) is 52.0 Å². The van der Waals surface area contributed by atoms with Crippen LogP contribution in [0.15, 0.2) is 34.8 Å². The lowest BCUT2D eigenvalue weighted by molar-refractivity contribution is 0.0525. The Hall–Kier alpha value is -1.68. The van der Waals surface area contributed by atoms with Gasteiger partial charge in [0.05, 0.1) is 16.6 Å². The number of rotatable bonds is 2. The van der Waals surface area contributed by atoms with Crippen LogP contribution in [-0.4, -0.2) is 12.6 Å². The summed E-state index contributed by atoms with van der Waals surface area (Å²) in [5.41, 5.74) is 3.99. The molecule has 0 aliphatic heterocycles. The van der Waals surface area contributed by atoms with Gasteiger partial charge < -0.3 is 4.74 Å². The minimum Gasteiger partial charge on any atom is -0.462 e. The van der Waals surface area contributed by atoms with Crippen molar-refractivity contribution >= 4 is 21.9 Å². The molecule has 0 spiro atoms. The number of halogens is 2. The fourth-order valence-corrected chi connectivity index (χ4v) is 3.20. The molecule has 2 aromatic rings. The molecule has 0 radical (unpaired) electrons. The van der Waals surface area contributed by atoms with Crippen molar-refractivity contribution in [3.05, 3.63) is 57.3 Å². The standard InChI is InChI=1S/C16H12BrFO2/c1-2-20-16(19)12-8-13(18)15(17)14-10-6-4-3-5-9(10)7-11(12)14/h3-6,8H,2,7H2,1H3. The molecule has 2 nitrogen and oxygen atoms in total. The molecule has 3 rings (SSSR count). The molecule has 2 aromatic carbocycles. The van der Waals surface area contributed by atoms with Crippen LogP contribution in [0.5, 0.6) is 0 Å². The average molecular weight is 335 g/mol. The Balaban J connectivity index is 2.24. The van der Waals surface area contributed by atoms with Crippen LogP contribution in [0.4, 0.5) is 4.39 Å². The van der Waals surface area contributed by atoms with Crippen LogP contribution in [0.3, 0.4) is 0 Å². The molecular formula is C16H12BrFO2. The summed E-state index contributed by atoms with van der Waals surface area (Å²) < 4.78 is 19.5. The van der Waals surface area contributed by atoms with Gasteiger partial charge >= 0.3 is 5.97 Å². The van der Waals surface area contributed by atoms with Gasteiger partial charge in [0.25, 0.3) is 0 Å². The molecule has 0 saturated carbocycles. The normalized spacial score (nSPS) is 11.9. The molecule has 0 amide bonds. The monoisotopic (exact) mass is 334 g/mol. The van der Waals surface area contributed by atoms with Gasteiger partial charge in [0, 0.05) is 5.56 Å². The summed E-state index contributed by atoms with van der Waals surface area (Å²) in [4.78, 5) is 12.0. The SMILES string of the molecule is CCOC(=O)c1cc(F)c(Br)c2c1Cc1ccccc1-2. The van der Waals surface area contributed by atoms with Crippen LogP contribution in [0, 0.1) is 5.82 Å². The molecule has 0 atom stereocenters. The summed E-state index contributed by atoms with van der Waals surface area (Å²) in [7, 11) is 0. The highest BCUT2D eigenvalue weighted by Gasteiger charge is 2.28. The summed E-state index contributed by atoms with van der Waals surface area (Å²) in [6.45, 7) is 2.01. The molecule has 0 saturated heterocycles. The number of hydrogen-bond donors (Lipinski definition) is 0. The number of benzene rings is 2. The van der Waals surface area contributed by atoms with Crippen LogP contribution in [0.25, 0.3) is 11.1 Å². The number of hydrogen-bond acceptors (Lipinski definition) is 2. The summed E-state index contributed by atoms with van der Waals surface area (Å²) in [5.74, 6) is -0.911. The Bertz CT molecular complexity index is 710. The van der Waals surface area contributed by atoms with E-state index in [4.69, 9.17) is 4.74 Å². The van der Waals surface area contributed by atoms with Crippen molar-refractivity contribution in [2.45, 2.75) is 13.3 Å². The Labute approximate surface area is 124 Å². The molecule has 1 aliphatic carbocycles. The summed E-state index contributed by atoms with van der Waals surface area (Å²) in [5, 5.41) is 0. The van der Waals surface area contributed by atoms with Crippen molar-refractivity contribution in [1.82, 2.24) is 0 Å². The van der Waals surface area contributed by atoms with E-state index in [2.05, 4.69) is 15.9 Å². The van der Waals surface area contributed by atoms with Gasteiger partial charge in [-0.1, -0.05) is 24.3 Å². The molecule has 0 bridgehead atoms. The lowest BCUT2D eigenvalue weighted by atomic mass is 10.0. The maximum absolute atomic E-state index is 14.1. The van der Waals surface area contributed by atoms with Crippen molar-refractivity contribution < 1.29 is 13.9 Å². The lowest BCUT2D eigenvalue weighted by Gasteiger charge is -2.10. The third-order valence-electron chi connectivity index (χ3n) is 3.48. The van der Waals surface area contributed by atoms with Crippen molar-refractivity contribution in [3.63, 3.8) is 0 Å². The minimum atomic E-state index is -0.469. The van der Waals surface area contributed by atoms with Gasteiger partial charge in [-0.3, -0.25) is 0 Å². The van der Waals surface area contributed by atoms with Gasteiger partial charge in [-0.25, -0.2) is 9.18 Å². The molecule has 102 valence electrons. The topological polar surface area (TPSA) is 26.3 Å². The van der Waals surface area contributed by atoms with E-state index in [0.717, 1.165) is 22.3 Å². The van der Waals surface area contributed by atoms with Gasteiger partial charge in [-0.2, -0.15) is 0 Å². The van der Waals surface area contributed by atoms with Crippen LogP contribution in [0.2, 0.25) is 0 Å². The van der Waals surface area contributed by atoms with Crippen molar-refractivity contribution in [3.8, 4) is 11.1 Å². The number of carbonyl (C=O) groups is 1. The molecule has 4 heteroatoms. The highest BCUT2D eigenvalue weighted by Crippen LogP contribution is 2.44. The molecule has 0 aromatic heterocycles. The zero-order valence-corrected chi connectivity index (χ0v) is 12.5. The van der Waals surface area contributed by atoms with Crippen molar-refractivity contribution in [1.29, 1.82) is 0 Å². The quantitative estimate of drug-likeness (QED) is 0.652. The summed E-state index contributed by atoms with van der Waals surface area (Å²) in [6.07, 6.45) is 0.624. The molecule has 1 aliphatic rings.